The van der Waals surface area contributed by atoms with Gasteiger partial charge in [-0.1, -0.05) is 34.1 Å². The number of aryl methyl sites for hydroxylation is 1. The van der Waals surface area contributed by atoms with Crippen molar-refractivity contribution < 1.29 is 0 Å². The van der Waals surface area contributed by atoms with Crippen molar-refractivity contribution in [3.05, 3.63) is 41.3 Å². The zero-order valence-corrected chi connectivity index (χ0v) is 9.53. The molecule has 2 nitrogen and oxygen atoms in total. The van der Waals surface area contributed by atoms with Gasteiger partial charge >= 0.3 is 0 Å². The number of rotatable bonds is 2. The molecular formula is C11H11BrN2. The first-order valence-electron chi connectivity index (χ1n) is 4.58. The zero-order chi connectivity index (χ0) is 9.97. The van der Waals surface area contributed by atoms with Gasteiger partial charge in [0.25, 0.3) is 0 Å². The lowest BCUT2D eigenvalue weighted by molar-refractivity contribution is 0.768. The number of aromatic nitrogens is 2. The van der Waals surface area contributed by atoms with Crippen LogP contribution in [0.25, 0.3) is 11.3 Å². The Hall–Kier alpha value is -1.09. The van der Waals surface area contributed by atoms with Crippen LogP contribution in [0, 0.1) is 0 Å². The minimum absolute atomic E-state index is 0.941. The van der Waals surface area contributed by atoms with E-state index in [1.54, 1.807) is 0 Å². The molecule has 3 heteroatoms. The number of hydrogen-bond donors (Lipinski definition) is 0. The molecular weight excluding hydrogens is 240 g/mol. The summed E-state index contributed by atoms with van der Waals surface area (Å²) in [6.07, 6.45) is 3.75. The number of hydrogen-bond acceptors (Lipinski definition) is 1. The first kappa shape index (κ1) is 9.46. The summed E-state index contributed by atoms with van der Waals surface area (Å²) in [6, 6.07) is 8.18. The number of halogens is 1. The van der Waals surface area contributed by atoms with E-state index in [1.165, 1.54) is 5.56 Å². The fraction of sp³-hybridized carbons (Fsp3) is 0.182. The fourth-order valence-corrected chi connectivity index (χ4v) is 1.95. The molecule has 2 rings (SSSR count). The lowest BCUT2D eigenvalue weighted by Gasteiger charge is -2.06. The molecule has 14 heavy (non-hydrogen) atoms. The lowest BCUT2D eigenvalue weighted by Crippen LogP contribution is -1.94. The molecule has 0 saturated carbocycles. The number of imidazole rings is 1. The molecule has 0 N–H and O–H groups in total. The van der Waals surface area contributed by atoms with E-state index in [2.05, 4.69) is 38.5 Å². The van der Waals surface area contributed by atoms with Crippen LogP contribution in [0.2, 0.25) is 0 Å². The Labute approximate surface area is 91.7 Å². The van der Waals surface area contributed by atoms with Crippen molar-refractivity contribution in [3.8, 4) is 11.3 Å². The normalized spacial score (nSPS) is 10.4. The Bertz CT molecular complexity index is 434. The van der Waals surface area contributed by atoms with Crippen LogP contribution in [0.4, 0.5) is 0 Å². The van der Waals surface area contributed by atoms with Crippen LogP contribution in [-0.4, -0.2) is 9.55 Å². The quantitative estimate of drug-likeness (QED) is 0.800. The van der Waals surface area contributed by atoms with Crippen LogP contribution >= 0.6 is 15.9 Å². The summed E-state index contributed by atoms with van der Waals surface area (Å²) < 4.78 is 3.23. The van der Waals surface area contributed by atoms with Crippen LogP contribution in [0.5, 0.6) is 0 Å². The van der Waals surface area contributed by atoms with Gasteiger partial charge in [0.2, 0.25) is 0 Å². The fourth-order valence-electron chi connectivity index (χ4n) is 1.47. The first-order chi connectivity index (χ1) is 6.83. The van der Waals surface area contributed by atoms with Gasteiger partial charge in [0.15, 0.2) is 0 Å². The molecule has 0 aliphatic heterocycles. The molecule has 0 radical (unpaired) electrons. The Balaban J connectivity index is 2.54. The number of benzene rings is 1. The van der Waals surface area contributed by atoms with E-state index in [0.29, 0.717) is 0 Å². The average molecular weight is 251 g/mol. The molecule has 1 aromatic carbocycles. The molecule has 0 bridgehead atoms. The lowest BCUT2D eigenvalue weighted by atomic mass is 10.2. The predicted molar refractivity (Wildman–Crippen MR) is 61.0 cm³/mol. The molecule has 0 unspecified atom stereocenters. The monoisotopic (exact) mass is 250 g/mol. The summed E-state index contributed by atoms with van der Waals surface area (Å²) in [5.74, 6) is 0. The minimum Gasteiger partial charge on any atom is -0.331 e. The third kappa shape index (κ3) is 1.60. The van der Waals surface area contributed by atoms with Gasteiger partial charge in [-0.05, 0) is 13.0 Å². The molecule has 72 valence electrons. The third-order valence-electron chi connectivity index (χ3n) is 2.20. The highest BCUT2D eigenvalue weighted by Gasteiger charge is 2.06. The molecule has 0 spiro atoms. The summed E-state index contributed by atoms with van der Waals surface area (Å²) in [4.78, 5) is 4.15. The van der Waals surface area contributed by atoms with Crippen LogP contribution in [0.3, 0.4) is 0 Å². The van der Waals surface area contributed by atoms with Crippen molar-refractivity contribution in [1.82, 2.24) is 9.55 Å². The van der Waals surface area contributed by atoms with Crippen molar-refractivity contribution in [1.29, 1.82) is 0 Å². The van der Waals surface area contributed by atoms with Gasteiger partial charge in [0.1, 0.15) is 0 Å². The van der Waals surface area contributed by atoms with E-state index in [-0.39, 0.29) is 0 Å². The molecule has 0 atom stereocenters. The summed E-state index contributed by atoms with van der Waals surface area (Å²) in [7, 11) is 0. The van der Waals surface area contributed by atoms with Crippen LogP contribution in [0.1, 0.15) is 6.92 Å². The van der Waals surface area contributed by atoms with Gasteiger partial charge in [-0.25, -0.2) is 4.98 Å². The standard InChI is InChI=1S/C11H11BrN2/c1-2-14-8-13-7-11(14)9-5-3-4-6-10(9)12/h3-8H,2H2,1H3. The molecule has 1 heterocycles. The van der Waals surface area contributed by atoms with Crippen molar-refractivity contribution in [3.63, 3.8) is 0 Å². The summed E-state index contributed by atoms with van der Waals surface area (Å²) in [5, 5.41) is 0. The van der Waals surface area contributed by atoms with Crippen molar-refractivity contribution >= 4 is 15.9 Å². The van der Waals surface area contributed by atoms with Gasteiger partial charge in [-0.15, -0.1) is 0 Å². The smallest absolute Gasteiger partial charge is 0.0950 e. The number of nitrogens with zero attached hydrogens (tertiary/aromatic N) is 2. The molecule has 1 aromatic heterocycles. The van der Waals surface area contributed by atoms with Crippen molar-refractivity contribution in [2.45, 2.75) is 13.5 Å². The van der Waals surface area contributed by atoms with Gasteiger partial charge < -0.3 is 4.57 Å². The van der Waals surface area contributed by atoms with E-state index in [9.17, 15) is 0 Å². The second kappa shape index (κ2) is 3.96. The molecule has 0 aliphatic carbocycles. The van der Waals surface area contributed by atoms with Crippen molar-refractivity contribution in [2.24, 2.45) is 0 Å². The van der Waals surface area contributed by atoms with E-state index in [0.717, 1.165) is 16.7 Å². The van der Waals surface area contributed by atoms with Gasteiger partial charge in [-0.3, -0.25) is 0 Å². The maximum Gasteiger partial charge on any atom is 0.0950 e. The molecule has 0 amide bonds. The Kier molecular flexibility index (Phi) is 2.68. The van der Waals surface area contributed by atoms with E-state index < -0.39 is 0 Å². The predicted octanol–water partition coefficient (Wildman–Crippen LogP) is 3.33. The van der Waals surface area contributed by atoms with Gasteiger partial charge in [-0.2, -0.15) is 0 Å². The largest absolute Gasteiger partial charge is 0.331 e. The second-order valence-electron chi connectivity index (χ2n) is 3.04. The van der Waals surface area contributed by atoms with Gasteiger partial charge in [0.05, 0.1) is 18.2 Å². The molecule has 2 aromatic rings. The highest BCUT2D eigenvalue weighted by atomic mass is 79.9. The van der Waals surface area contributed by atoms with E-state index in [4.69, 9.17) is 0 Å². The van der Waals surface area contributed by atoms with Crippen molar-refractivity contribution in [2.75, 3.05) is 0 Å². The van der Waals surface area contributed by atoms with Gasteiger partial charge in [0, 0.05) is 16.6 Å². The minimum atomic E-state index is 0.941. The summed E-state index contributed by atoms with van der Waals surface area (Å²) in [6.45, 7) is 3.05. The summed E-state index contributed by atoms with van der Waals surface area (Å²) >= 11 is 3.54. The Morgan fingerprint density at radius 2 is 2.14 bits per heavy atom. The maximum absolute atomic E-state index is 4.15. The SMILES string of the molecule is CCn1cncc1-c1ccccc1Br. The highest BCUT2D eigenvalue weighted by Crippen LogP contribution is 2.27. The molecule has 0 fully saturated rings. The molecule has 0 saturated heterocycles. The Morgan fingerprint density at radius 3 is 2.86 bits per heavy atom. The van der Waals surface area contributed by atoms with Crippen LogP contribution < -0.4 is 0 Å². The summed E-state index contributed by atoms with van der Waals surface area (Å²) in [5.41, 5.74) is 2.34. The highest BCUT2D eigenvalue weighted by molar-refractivity contribution is 9.10. The van der Waals surface area contributed by atoms with Crippen LogP contribution in [-0.2, 0) is 6.54 Å². The second-order valence-corrected chi connectivity index (χ2v) is 3.90. The first-order valence-corrected chi connectivity index (χ1v) is 5.37. The zero-order valence-electron chi connectivity index (χ0n) is 7.94. The third-order valence-corrected chi connectivity index (χ3v) is 2.89. The van der Waals surface area contributed by atoms with E-state index >= 15 is 0 Å². The topological polar surface area (TPSA) is 17.8 Å². The van der Waals surface area contributed by atoms with E-state index in [1.807, 2.05) is 30.7 Å². The Morgan fingerprint density at radius 1 is 1.36 bits per heavy atom. The molecule has 0 aliphatic rings. The average Bonchev–Trinajstić information content (AvgIpc) is 2.66. The maximum atomic E-state index is 4.15. The van der Waals surface area contributed by atoms with Crippen LogP contribution in [0.15, 0.2) is 41.3 Å².